The predicted molar refractivity (Wildman–Crippen MR) is 34.4 cm³/mol. The molecule has 1 aliphatic rings. The van der Waals surface area contributed by atoms with E-state index in [0.29, 0.717) is 6.73 Å². The van der Waals surface area contributed by atoms with Crippen LogP contribution in [0.15, 0.2) is 18.2 Å². The standard InChI is InChI=1S/C7H6NO/c1-2-4-7-6(3-1)8-5-9-7/h2-4,8H,5H2. The van der Waals surface area contributed by atoms with Gasteiger partial charge < -0.3 is 10.1 Å². The van der Waals surface area contributed by atoms with E-state index < -0.39 is 0 Å². The van der Waals surface area contributed by atoms with Gasteiger partial charge in [-0.3, -0.25) is 0 Å². The lowest BCUT2D eigenvalue weighted by molar-refractivity contribution is 0.372. The van der Waals surface area contributed by atoms with Crippen LogP contribution in [-0.4, -0.2) is 6.73 Å². The molecule has 0 bridgehead atoms. The van der Waals surface area contributed by atoms with E-state index in [4.69, 9.17) is 4.74 Å². The molecule has 1 radical (unpaired) electrons. The quantitative estimate of drug-likeness (QED) is 0.556. The molecule has 1 aromatic rings. The first kappa shape index (κ1) is 4.68. The molecule has 1 aromatic carbocycles. The van der Waals surface area contributed by atoms with Crippen molar-refractivity contribution in [3.05, 3.63) is 24.3 Å². The van der Waals surface area contributed by atoms with Crippen LogP contribution in [0.25, 0.3) is 0 Å². The number of anilines is 1. The zero-order valence-corrected chi connectivity index (χ0v) is 4.85. The molecule has 1 heterocycles. The number of fused-ring (bicyclic) bond motifs is 1. The first-order valence-corrected chi connectivity index (χ1v) is 2.83. The molecule has 1 aliphatic heterocycles. The van der Waals surface area contributed by atoms with Gasteiger partial charge in [-0.05, 0) is 18.2 Å². The molecule has 2 nitrogen and oxygen atoms in total. The normalized spacial score (nSPS) is 13.8. The summed E-state index contributed by atoms with van der Waals surface area (Å²) in [6.45, 7) is 0.590. The Morgan fingerprint density at radius 2 is 2.67 bits per heavy atom. The fraction of sp³-hybridized carbons (Fsp3) is 0.143. The summed E-state index contributed by atoms with van der Waals surface area (Å²) in [4.78, 5) is 0. The second-order valence-corrected chi connectivity index (χ2v) is 1.89. The molecule has 1 N–H and O–H groups in total. The van der Waals surface area contributed by atoms with E-state index in [1.165, 1.54) is 0 Å². The van der Waals surface area contributed by atoms with Crippen molar-refractivity contribution in [2.75, 3.05) is 12.0 Å². The number of benzene rings is 1. The van der Waals surface area contributed by atoms with Crippen molar-refractivity contribution in [2.24, 2.45) is 0 Å². The third kappa shape index (κ3) is 0.633. The van der Waals surface area contributed by atoms with E-state index in [1.54, 1.807) is 0 Å². The Labute approximate surface area is 53.5 Å². The Kier molecular flexibility index (Phi) is 0.859. The van der Waals surface area contributed by atoms with Crippen LogP contribution in [0.3, 0.4) is 0 Å². The Balaban J connectivity index is 2.54. The molecular weight excluding hydrogens is 114 g/mol. The van der Waals surface area contributed by atoms with Crippen LogP contribution < -0.4 is 10.1 Å². The topological polar surface area (TPSA) is 21.3 Å². The third-order valence-electron chi connectivity index (χ3n) is 1.31. The number of nitrogens with one attached hydrogen (secondary N) is 1. The second-order valence-electron chi connectivity index (χ2n) is 1.89. The first-order chi connectivity index (χ1) is 4.47. The maximum absolute atomic E-state index is 5.17. The van der Waals surface area contributed by atoms with Gasteiger partial charge in [-0.1, -0.05) is 6.07 Å². The van der Waals surface area contributed by atoms with Crippen LogP contribution in [0, 0.1) is 6.07 Å². The molecule has 2 rings (SSSR count). The summed E-state index contributed by atoms with van der Waals surface area (Å²) < 4.78 is 5.17. The van der Waals surface area contributed by atoms with Gasteiger partial charge in [0.1, 0.15) is 5.75 Å². The fourth-order valence-electron chi connectivity index (χ4n) is 0.872. The molecule has 0 saturated heterocycles. The van der Waals surface area contributed by atoms with Gasteiger partial charge in [0.2, 0.25) is 0 Å². The van der Waals surface area contributed by atoms with E-state index in [2.05, 4.69) is 11.4 Å². The van der Waals surface area contributed by atoms with Crippen molar-refractivity contribution in [1.82, 2.24) is 0 Å². The largest absolute Gasteiger partial charge is 0.471 e. The molecule has 0 unspecified atom stereocenters. The average molecular weight is 120 g/mol. The molecule has 0 atom stereocenters. The number of rotatable bonds is 0. The van der Waals surface area contributed by atoms with E-state index in [1.807, 2.05) is 18.2 Å². The molecule has 0 spiro atoms. The van der Waals surface area contributed by atoms with Crippen molar-refractivity contribution >= 4 is 5.69 Å². The molecule has 2 heteroatoms. The van der Waals surface area contributed by atoms with Crippen LogP contribution in [0.5, 0.6) is 5.75 Å². The lowest BCUT2D eigenvalue weighted by Gasteiger charge is -1.91. The van der Waals surface area contributed by atoms with Crippen LogP contribution in [0.1, 0.15) is 0 Å². The Bertz CT molecular complexity index is 199. The summed E-state index contributed by atoms with van der Waals surface area (Å²) in [6.07, 6.45) is 0. The van der Waals surface area contributed by atoms with Gasteiger partial charge in [0, 0.05) is 0 Å². The predicted octanol–water partition coefficient (Wildman–Crippen LogP) is 1.25. The zero-order chi connectivity index (χ0) is 6.10. The highest BCUT2D eigenvalue weighted by molar-refractivity contribution is 5.58. The van der Waals surface area contributed by atoms with Gasteiger partial charge in [-0.25, -0.2) is 0 Å². The average Bonchev–Trinajstić information content (AvgIpc) is 2.33. The van der Waals surface area contributed by atoms with Crippen molar-refractivity contribution in [1.29, 1.82) is 0 Å². The van der Waals surface area contributed by atoms with Crippen molar-refractivity contribution in [2.45, 2.75) is 0 Å². The molecular formula is C7H6NO. The minimum Gasteiger partial charge on any atom is -0.471 e. The van der Waals surface area contributed by atoms with Crippen molar-refractivity contribution in [3.63, 3.8) is 0 Å². The maximum atomic E-state index is 5.17. The lowest BCUT2D eigenvalue weighted by Crippen LogP contribution is -1.96. The second kappa shape index (κ2) is 1.65. The smallest absolute Gasteiger partial charge is 0.159 e. The summed E-state index contributed by atoms with van der Waals surface area (Å²) in [5.74, 6) is 0.925. The van der Waals surface area contributed by atoms with Crippen molar-refractivity contribution < 1.29 is 4.74 Å². The minimum atomic E-state index is 0.590. The van der Waals surface area contributed by atoms with Gasteiger partial charge >= 0.3 is 0 Å². The molecule has 0 amide bonds. The highest BCUT2D eigenvalue weighted by Crippen LogP contribution is 2.26. The molecule has 0 saturated carbocycles. The monoisotopic (exact) mass is 120 g/mol. The van der Waals surface area contributed by atoms with Crippen molar-refractivity contribution in [3.8, 4) is 5.75 Å². The summed E-state index contributed by atoms with van der Waals surface area (Å²) in [5, 5.41) is 3.05. The molecule has 9 heavy (non-hydrogen) atoms. The lowest BCUT2D eigenvalue weighted by atomic mass is 10.3. The third-order valence-corrected chi connectivity index (χ3v) is 1.31. The molecule has 0 aliphatic carbocycles. The summed E-state index contributed by atoms with van der Waals surface area (Å²) in [5.41, 5.74) is 1.04. The van der Waals surface area contributed by atoms with Gasteiger partial charge in [0.05, 0.1) is 5.69 Å². The van der Waals surface area contributed by atoms with Crippen LogP contribution in [0.4, 0.5) is 5.69 Å². The Hall–Kier alpha value is -1.18. The highest BCUT2D eigenvalue weighted by atomic mass is 16.5. The summed E-state index contributed by atoms with van der Waals surface area (Å²) >= 11 is 0. The highest BCUT2D eigenvalue weighted by Gasteiger charge is 2.07. The van der Waals surface area contributed by atoms with Crippen LogP contribution >= 0.6 is 0 Å². The Morgan fingerprint density at radius 1 is 1.67 bits per heavy atom. The number of hydrogen-bond acceptors (Lipinski definition) is 2. The van der Waals surface area contributed by atoms with E-state index in [9.17, 15) is 0 Å². The SMILES string of the molecule is [c]1ccc2c(c1)NCO2. The van der Waals surface area contributed by atoms with Crippen LogP contribution in [0.2, 0.25) is 0 Å². The molecule has 45 valence electrons. The number of hydrogen-bond donors (Lipinski definition) is 1. The minimum absolute atomic E-state index is 0.590. The van der Waals surface area contributed by atoms with E-state index >= 15 is 0 Å². The van der Waals surface area contributed by atoms with E-state index in [-0.39, 0.29) is 0 Å². The first-order valence-electron chi connectivity index (χ1n) is 2.83. The van der Waals surface area contributed by atoms with Gasteiger partial charge in [0.25, 0.3) is 0 Å². The van der Waals surface area contributed by atoms with Gasteiger partial charge in [-0.15, -0.1) is 0 Å². The fourth-order valence-corrected chi connectivity index (χ4v) is 0.872. The van der Waals surface area contributed by atoms with Gasteiger partial charge in [-0.2, -0.15) is 0 Å². The van der Waals surface area contributed by atoms with E-state index in [0.717, 1.165) is 11.4 Å². The van der Waals surface area contributed by atoms with Gasteiger partial charge in [0.15, 0.2) is 6.73 Å². The maximum Gasteiger partial charge on any atom is 0.159 e. The number of ether oxygens (including phenoxy) is 1. The van der Waals surface area contributed by atoms with Crippen LogP contribution in [-0.2, 0) is 0 Å². The zero-order valence-electron chi connectivity index (χ0n) is 4.85. The molecule has 0 aromatic heterocycles. The summed E-state index contributed by atoms with van der Waals surface area (Å²) in [6, 6.07) is 8.56. The summed E-state index contributed by atoms with van der Waals surface area (Å²) in [7, 11) is 0. The molecule has 0 fully saturated rings. The Morgan fingerprint density at radius 3 is 3.56 bits per heavy atom.